The van der Waals surface area contributed by atoms with E-state index >= 15 is 0 Å². The standard InChI is InChI=1S/C20H19FN6O2S/c1-11-8-17(22-10-13(11)21)26-18-9-15(19-20(27-18)24-12(2)23-19)25-14-6-4-5-7-16(14)30(3,28)29/h4-10H,1-3H3,(H3,22,23,24,25,26,27). The Morgan fingerprint density at radius 2 is 1.77 bits per heavy atom. The molecule has 4 aromatic rings. The highest BCUT2D eigenvalue weighted by atomic mass is 32.2. The molecule has 0 spiro atoms. The molecule has 1 aromatic carbocycles. The smallest absolute Gasteiger partial charge is 0.177 e. The lowest BCUT2D eigenvalue weighted by Gasteiger charge is -2.13. The van der Waals surface area contributed by atoms with Crippen molar-refractivity contribution in [2.24, 2.45) is 0 Å². The molecule has 0 amide bonds. The number of halogens is 1. The number of imidazole rings is 1. The van der Waals surface area contributed by atoms with E-state index in [0.29, 0.717) is 45.6 Å². The second-order valence-corrected chi connectivity index (χ2v) is 8.90. The van der Waals surface area contributed by atoms with Crippen LogP contribution in [0, 0.1) is 19.7 Å². The number of nitrogens with one attached hydrogen (secondary N) is 3. The number of aromatic nitrogens is 4. The maximum atomic E-state index is 13.5. The summed E-state index contributed by atoms with van der Waals surface area (Å²) in [5, 5.41) is 6.21. The zero-order valence-electron chi connectivity index (χ0n) is 16.5. The predicted molar refractivity (Wildman–Crippen MR) is 114 cm³/mol. The Balaban J connectivity index is 1.79. The molecule has 0 saturated carbocycles. The molecular formula is C20H19FN6O2S. The van der Waals surface area contributed by atoms with Crippen LogP contribution in [0.15, 0.2) is 47.5 Å². The Morgan fingerprint density at radius 3 is 2.50 bits per heavy atom. The highest BCUT2D eigenvalue weighted by Gasteiger charge is 2.16. The van der Waals surface area contributed by atoms with Gasteiger partial charge in [0.25, 0.3) is 0 Å². The molecule has 0 radical (unpaired) electrons. The van der Waals surface area contributed by atoms with Crippen LogP contribution in [0.1, 0.15) is 11.4 Å². The molecule has 8 nitrogen and oxygen atoms in total. The van der Waals surface area contributed by atoms with E-state index in [-0.39, 0.29) is 4.90 Å². The second kappa shape index (κ2) is 7.38. The number of anilines is 4. The third kappa shape index (κ3) is 3.94. The average molecular weight is 426 g/mol. The summed E-state index contributed by atoms with van der Waals surface area (Å²) in [4.78, 5) is 16.2. The van der Waals surface area contributed by atoms with Crippen LogP contribution in [0.5, 0.6) is 0 Å². The van der Waals surface area contributed by atoms with Gasteiger partial charge < -0.3 is 15.6 Å². The van der Waals surface area contributed by atoms with Crippen LogP contribution < -0.4 is 10.6 Å². The summed E-state index contributed by atoms with van der Waals surface area (Å²) < 4.78 is 37.8. The van der Waals surface area contributed by atoms with Crippen molar-refractivity contribution in [2.45, 2.75) is 18.7 Å². The summed E-state index contributed by atoms with van der Waals surface area (Å²) in [7, 11) is -3.44. The quantitative estimate of drug-likeness (QED) is 0.442. The van der Waals surface area contributed by atoms with Crippen molar-refractivity contribution in [2.75, 3.05) is 16.9 Å². The monoisotopic (exact) mass is 426 g/mol. The number of hydrogen-bond donors (Lipinski definition) is 3. The van der Waals surface area contributed by atoms with Crippen LogP contribution in [-0.2, 0) is 9.84 Å². The molecule has 3 N–H and O–H groups in total. The number of rotatable bonds is 5. The van der Waals surface area contributed by atoms with Crippen LogP contribution in [0.3, 0.4) is 0 Å². The van der Waals surface area contributed by atoms with Gasteiger partial charge in [0.1, 0.15) is 28.8 Å². The van der Waals surface area contributed by atoms with Crippen molar-refractivity contribution in [1.82, 2.24) is 19.9 Å². The van der Waals surface area contributed by atoms with Crippen LogP contribution >= 0.6 is 0 Å². The van der Waals surface area contributed by atoms with Crippen molar-refractivity contribution < 1.29 is 12.8 Å². The van der Waals surface area contributed by atoms with Crippen molar-refractivity contribution in [3.05, 3.63) is 59.8 Å². The molecule has 4 rings (SSSR count). The highest BCUT2D eigenvalue weighted by Crippen LogP contribution is 2.31. The Kier molecular flexibility index (Phi) is 4.86. The summed E-state index contributed by atoms with van der Waals surface area (Å²) in [6.45, 7) is 3.44. The molecule has 0 atom stereocenters. The minimum absolute atomic E-state index is 0.174. The van der Waals surface area contributed by atoms with E-state index in [1.807, 2.05) is 0 Å². The number of hydrogen-bond acceptors (Lipinski definition) is 7. The first kappa shape index (κ1) is 19.8. The number of pyridine rings is 2. The first-order chi connectivity index (χ1) is 14.2. The van der Waals surface area contributed by atoms with Crippen LogP contribution in [-0.4, -0.2) is 34.6 Å². The number of H-pyrrole nitrogens is 1. The van der Waals surface area contributed by atoms with Gasteiger partial charge in [0.2, 0.25) is 0 Å². The maximum absolute atomic E-state index is 13.5. The van der Waals surface area contributed by atoms with Gasteiger partial charge in [0, 0.05) is 12.3 Å². The van der Waals surface area contributed by atoms with Gasteiger partial charge in [-0.2, -0.15) is 0 Å². The first-order valence-electron chi connectivity index (χ1n) is 9.03. The molecule has 10 heteroatoms. The van der Waals surface area contributed by atoms with E-state index in [2.05, 4.69) is 30.6 Å². The van der Waals surface area contributed by atoms with Crippen molar-refractivity contribution >= 4 is 44.0 Å². The molecule has 3 heterocycles. The predicted octanol–water partition coefficient (Wildman–Crippen LogP) is 4.00. The molecule has 0 aliphatic heterocycles. The number of fused-ring (bicyclic) bond motifs is 1. The minimum Gasteiger partial charge on any atom is -0.352 e. The van der Waals surface area contributed by atoms with Gasteiger partial charge in [0.05, 0.1) is 22.5 Å². The van der Waals surface area contributed by atoms with Gasteiger partial charge in [-0.05, 0) is 37.6 Å². The van der Waals surface area contributed by atoms with E-state index < -0.39 is 15.7 Å². The molecule has 3 aromatic heterocycles. The van der Waals surface area contributed by atoms with E-state index in [1.54, 1.807) is 44.2 Å². The van der Waals surface area contributed by atoms with Gasteiger partial charge in [-0.3, -0.25) is 0 Å². The second-order valence-electron chi connectivity index (χ2n) is 6.91. The van der Waals surface area contributed by atoms with Gasteiger partial charge in [-0.15, -0.1) is 0 Å². The molecule has 0 aliphatic carbocycles. The topological polar surface area (TPSA) is 113 Å². The number of sulfone groups is 1. The number of para-hydroxylation sites is 1. The number of aryl methyl sites for hydroxylation is 2. The normalized spacial score (nSPS) is 11.6. The molecule has 0 bridgehead atoms. The molecule has 0 fully saturated rings. The Labute approximate surface area is 172 Å². The number of aromatic amines is 1. The summed E-state index contributed by atoms with van der Waals surface area (Å²) in [5.74, 6) is 1.13. The van der Waals surface area contributed by atoms with Crippen molar-refractivity contribution in [3.8, 4) is 0 Å². The third-order valence-electron chi connectivity index (χ3n) is 4.43. The summed E-state index contributed by atoms with van der Waals surface area (Å²) in [5.41, 5.74) is 2.50. The fraction of sp³-hybridized carbons (Fsp3) is 0.150. The lowest BCUT2D eigenvalue weighted by molar-refractivity contribution is 0.602. The zero-order valence-corrected chi connectivity index (χ0v) is 17.3. The van der Waals surface area contributed by atoms with Crippen LogP contribution in [0.2, 0.25) is 0 Å². The molecular weight excluding hydrogens is 407 g/mol. The van der Waals surface area contributed by atoms with Crippen LogP contribution in [0.4, 0.5) is 27.4 Å². The lowest BCUT2D eigenvalue weighted by Crippen LogP contribution is -2.04. The van der Waals surface area contributed by atoms with Gasteiger partial charge in [-0.25, -0.2) is 27.8 Å². The zero-order chi connectivity index (χ0) is 21.5. The van der Waals surface area contributed by atoms with E-state index in [1.165, 1.54) is 6.07 Å². The SMILES string of the molecule is Cc1nc2c(Nc3ccccc3S(C)(=O)=O)cc(Nc3cc(C)c(F)cn3)nc2[nH]1. The summed E-state index contributed by atoms with van der Waals surface area (Å²) >= 11 is 0. The molecule has 0 unspecified atom stereocenters. The summed E-state index contributed by atoms with van der Waals surface area (Å²) in [6.07, 6.45) is 2.29. The maximum Gasteiger partial charge on any atom is 0.177 e. The lowest BCUT2D eigenvalue weighted by atomic mass is 10.2. The fourth-order valence-electron chi connectivity index (χ4n) is 3.04. The van der Waals surface area contributed by atoms with Gasteiger partial charge in [-0.1, -0.05) is 12.1 Å². The Hall–Kier alpha value is -3.53. The molecule has 154 valence electrons. The average Bonchev–Trinajstić information content (AvgIpc) is 3.05. The van der Waals surface area contributed by atoms with E-state index in [4.69, 9.17) is 0 Å². The number of nitrogens with zero attached hydrogens (tertiary/aromatic N) is 3. The fourth-order valence-corrected chi connectivity index (χ4v) is 3.89. The third-order valence-corrected chi connectivity index (χ3v) is 5.59. The van der Waals surface area contributed by atoms with E-state index in [9.17, 15) is 12.8 Å². The largest absolute Gasteiger partial charge is 0.352 e. The van der Waals surface area contributed by atoms with Crippen LogP contribution in [0.25, 0.3) is 11.2 Å². The first-order valence-corrected chi connectivity index (χ1v) is 10.9. The van der Waals surface area contributed by atoms with Gasteiger partial charge in [0.15, 0.2) is 15.5 Å². The minimum atomic E-state index is -3.44. The summed E-state index contributed by atoms with van der Waals surface area (Å²) in [6, 6.07) is 9.90. The Morgan fingerprint density at radius 1 is 1.00 bits per heavy atom. The van der Waals surface area contributed by atoms with E-state index in [0.717, 1.165) is 12.5 Å². The highest BCUT2D eigenvalue weighted by molar-refractivity contribution is 7.90. The number of benzene rings is 1. The van der Waals surface area contributed by atoms with Crippen molar-refractivity contribution in [3.63, 3.8) is 0 Å². The Bertz CT molecular complexity index is 1370. The van der Waals surface area contributed by atoms with Gasteiger partial charge >= 0.3 is 0 Å². The molecule has 0 saturated heterocycles. The van der Waals surface area contributed by atoms with Crippen molar-refractivity contribution in [1.29, 1.82) is 0 Å². The molecule has 0 aliphatic rings. The molecule has 30 heavy (non-hydrogen) atoms.